The number of hydrogen-bond donors (Lipinski definition) is 0. The molecule has 0 nitrogen and oxygen atoms in total. The summed E-state index contributed by atoms with van der Waals surface area (Å²) >= 11 is 0. The van der Waals surface area contributed by atoms with Crippen LogP contribution in [0.25, 0.3) is 5.57 Å². The molecule has 0 heteroatoms. The van der Waals surface area contributed by atoms with Crippen molar-refractivity contribution in [3.8, 4) is 0 Å². The van der Waals surface area contributed by atoms with Gasteiger partial charge >= 0.3 is 0 Å². The summed E-state index contributed by atoms with van der Waals surface area (Å²) in [6.07, 6.45) is 15.9. The predicted octanol–water partition coefficient (Wildman–Crippen LogP) is 13.7. The molecule has 8 rings (SSSR count). The molecule has 0 amide bonds. The number of allylic oxidation sites excluding steroid dienone is 10. The Balaban J connectivity index is 1.63. The van der Waals surface area contributed by atoms with E-state index in [9.17, 15) is 0 Å². The van der Waals surface area contributed by atoms with Crippen LogP contribution < -0.4 is 0 Å². The fraction of sp³-hybridized carbons (Fsp3) is 0.451. The van der Waals surface area contributed by atoms with Crippen LogP contribution in [-0.2, 0) is 11.8 Å². The molecular weight excluding hydrogens is 613 g/mol. The maximum Gasteiger partial charge on any atom is 0.0399 e. The Hall–Kier alpha value is -3.64. The molecule has 0 saturated heterocycles. The van der Waals surface area contributed by atoms with Crippen molar-refractivity contribution in [1.29, 1.82) is 0 Å². The molecule has 5 aliphatic carbocycles. The van der Waals surface area contributed by atoms with Gasteiger partial charge in [-0.3, -0.25) is 0 Å². The molecule has 3 aromatic carbocycles. The number of rotatable bonds is 6. The average Bonchev–Trinajstić information content (AvgIpc) is 3.69. The van der Waals surface area contributed by atoms with Crippen LogP contribution in [0.2, 0.25) is 0 Å². The van der Waals surface area contributed by atoms with E-state index < -0.39 is 0 Å². The molecule has 0 spiro atoms. The van der Waals surface area contributed by atoms with Crippen molar-refractivity contribution in [3.05, 3.63) is 159 Å². The summed E-state index contributed by atoms with van der Waals surface area (Å²) in [6, 6.07) is 33.0. The van der Waals surface area contributed by atoms with Crippen molar-refractivity contribution in [1.82, 2.24) is 0 Å². The summed E-state index contributed by atoms with van der Waals surface area (Å²) in [4.78, 5) is 0. The third-order valence-electron chi connectivity index (χ3n) is 16.8. The van der Waals surface area contributed by atoms with Gasteiger partial charge in [0.15, 0.2) is 0 Å². The van der Waals surface area contributed by atoms with Gasteiger partial charge in [-0.05, 0) is 93.7 Å². The molecule has 3 aromatic rings. The third kappa shape index (κ3) is 4.04. The summed E-state index contributed by atoms with van der Waals surface area (Å²) in [5, 5.41) is 0. The van der Waals surface area contributed by atoms with Gasteiger partial charge in [-0.1, -0.05) is 195 Å². The van der Waals surface area contributed by atoms with E-state index in [0.29, 0.717) is 5.92 Å². The lowest BCUT2D eigenvalue weighted by atomic mass is 9.25. The van der Waals surface area contributed by atoms with Crippen LogP contribution >= 0.6 is 0 Å². The highest BCUT2D eigenvalue weighted by Crippen LogP contribution is 2.83. The molecule has 0 aromatic heterocycles. The first-order valence-corrected chi connectivity index (χ1v) is 20.0. The molecule has 0 heterocycles. The number of fused-ring (bicyclic) bond motifs is 6. The van der Waals surface area contributed by atoms with Gasteiger partial charge in [0, 0.05) is 22.2 Å². The molecule has 5 aliphatic rings. The van der Waals surface area contributed by atoms with Crippen LogP contribution in [-0.4, -0.2) is 0 Å². The van der Waals surface area contributed by atoms with Crippen molar-refractivity contribution >= 4 is 5.57 Å². The van der Waals surface area contributed by atoms with Gasteiger partial charge in [0.2, 0.25) is 0 Å². The normalized spacial score (nSPS) is 29.9. The van der Waals surface area contributed by atoms with Gasteiger partial charge in [-0.25, -0.2) is 0 Å². The number of benzene rings is 3. The van der Waals surface area contributed by atoms with Crippen molar-refractivity contribution in [2.24, 2.45) is 38.9 Å². The topological polar surface area (TPSA) is 0 Å². The lowest BCUT2D eigenvalue weighted by Gasteiger charge is -2.78. The summed E-state index contributed by atoms with van der Waals surface area (Å²) in [5.41, 5.74) is 14.5. The molecule has 0 aliphatic heterocycles. The Morgan fingerprint density at radius 1 is 0.725 bits per heavy atom. The Morgan fingerprint density at radius 2 is 1.33 bits per heavy atom. The van der Waals surface area contributed by atoms with Crippen molar-refractivity contribution in [2.75, 3.05) is 0 Å². The average molecular weight is 673 g/mol. The maximum atomic E-state index is 2.77. The van der Waals surface area contributed by atoms with Crippen molar-refractivity contribution < 1.29 is 0 Å². The smallest absolute Gasteiger partial charge is 0.0399 e. The maximum absolute atomic E-state index is 2.77. The van der Waals surface area contributed by atoms with Crippen LogP contribution in [0.5, 0.6) is 0 Å². The fourth-order valence-corrected chi connectivity index (χ4v) is 13.1. The van der Waals surface area contributed by atoms with E-state index in [1.165, 1.54) is 39.8 Å². The molecule has 0 radical (unpaired) electrons. The zero-order chi connectivity index (χ0) is 36.2. The lowest BCUT2D eigenvalue weighted by molar-refractivity contribution is -0.212. The predicted molar refractivity (Wildman–Crippen MR) is 217 cm³/mol. The van der Waals surface area contributed by atoms with E-state index in [2.05, 4.69) is 178 Å². The molecule has 51 heavy (non-hydrogen) atoms. The highest BCUT2D eigenvalue weighted by molar-refractivity contribution is 5.92. The second-order valence-corrected chi connectivity index (χ2v) is 18.7. The van der Waals surface area contributed by atoms with E-state index in [4.69, 9.17) is 0 Å². The van der Waals surface area contributed by atoms with Crippen molar-refractivity contribution in [3.63, 3.8) is 0 Å². The van der Waals surface area contributed by atoms with Gasteiger partial charge in [-0.2, -0.15) is 0 Å². The van der Waals surface area contributed by atoms with E-state index in [1.54, 1.807) is 22.3 Å². The van der Waals surface area contributed by atoms with E-state index in [0.717, 1.165) is 25.7 Å². The highest BCUT2D eigenvalue weighted by atomic mass is 14.8. The SMILES string of the molecule is CCCC1=CC(C(c2ccccc2)(c2ccccc2)C2(C)C3=C4Cc5ccccc5C4=C4C=CCCC4C3(C)C(C)(C)C(C)(C)C2(C)C)C(C)=C1. The molecule has 264 valence electrons. The van der Waals surface area contributed by atoms with Crippen LogP contribution in [0.4, 0.5) is 0 Å². The first kappa shape index (κ1) is 34.4. The fourth-order valence-electron chi connectivity index (χ4n) is 13.1. The largest absolute Gasteiger partial charge is 0.0842 e. The standard InChI is InChI=1S/C51H60/c1-11-22-35-31-34(2)43(32-35)51(37-24-14-12-15-25-37,38-26-16-13-17-27-38)50(10)45-41-33-36-23-18-19-28-39(36)44(41)40-29-20-21-30-42(40)49(45,9)47(5,6)46(3,4)48(50,7)8/h12-20,23-29,31-32,42-43H,11,21-22,30,33H2,1-10H3. The summed E-state index contributed by atoms with van der Waals surface area (Å²) in [7, 11) is 0. The Labute approximate surface area is 309 Å². The Morgan fingerprint density at radius 3 is 1.96 bits per heavy atom. The second kappa shape index (κ2) is 11.4. The number of hydrogen-bond acceptors (Lipinski definition) is 0. The van der Waals surface area contributed by atoms with E-state index in [-0.39, 0.29) is 38.4 Å². The monoisotopic (exact) mass is 672 g/mol. The minimum atomic E-state index is -0.381. The minimum Gasteiger partial charge on any atom is -0.0842 e. The first-order valence-electron chi connectivity index (χ1n) is 20.0. The van der Waals surface area contributed by atoms with Gasteiger partial charge in [0.05, 0.1) is 0 Å². The highest BCUT2D eigenvalue weighted by Gasteiger charge is 2.78. The van der Waals surface area contributed by atoms with Gasteiger partial charge in [-0.15, -0.1) is 0 Å². The Kier molecular flexibility index (Phi) is 7.72. The van der Waals surface area contributed by atoms with E-state index in [1.807, 2.05) is 0 Å². The molecule has 1 fully saturated rings. The van der Waals surface area contributed by atoms with Crippen LogP contribution in [0.1, 0.15) is 117 Å². The second-order valence-electron chi connectivity index (χ2n) is 18.7. The molecule has 1 saturated carbocycles. The first-order chi connectivity index (χ1) is 24.2. The van der Waals surface area contributed by atoms with E-state index >= 15 is 0 Å². The molecule has 0 N–H and O–H groups in total. The van der Waals surface area contributed by atoms with Crippen LogP contribution in [0.3, 0.4) is 0 Å². The summed E-state index contributed by atoms with van der Waals surface area (Å²) in [5.74, 6) is 0.661. The van der Waals surface area contributed by atoms with Gasteiger partial charge in [0.1, 0.15) is 0 Å². The molecule has 4 unspecified atom stereocenters. The van der Waals surface area contributed by atoms with Crippen molar-refractivity contribution in [2.45, 2.75) is 107 Å². The van der Waals surface area contributed by atoms with Crippen LogP contribution in [0.15, 0.2) is 137 Å². The molecule has 4 atom stereocenters. The zero-order valence-corrected chi connectivity index (χ0v) is 33.1. The Bertz CT molecular complexity index is 2000. The summed E-state index contributed by atoms with van der Waals surface area (Å²) < 4.78 is 0. The zero-order valence-electron chi connectivity index (χ0n) is 33.1. The van der Waals surface area contributed by atoms with Gasteiger partial charge < -0.3 is 0 Å². The minimum absolute atomic E-state index is 0.00433. The molecular formula is C51H60. The van der Waals surface area contributed by atoms with Gasteiger partial charge in [0.25, 0.3) is 0 Å². The summed E-state index contributed by atoms with van der Waals surface area (Å²) in [6.45, 7) is 26.2. The van der Waals surface area contributed by atoms with Crippen LogP contribution in [0, 0.1) is 38.9 Å². The molecule has 0 bridgehead atoms. The quantitative estimate of drug-likeness (QED) is 0.244. The third-order valence-corrected chi connectivity index (χ3v) is 16.8. The lowest BCUT2D eigenvalue weighted by Crippen LogP contribution is -2.73.